The quantitative estimate of drug-likeness (QED) is 0.887. The number of thioether (sulfide) groups is 1. The molecule has 2 rings (SSSR count). The fraction of sp³-hybridized carbons (Fsp3) is 0.500. The number of hydrogen-bond donors (Lipinski definition) is 1. The summed E-state index contributed by atoms with van der Waals surface area (Å²) in [6.45, 7) is 8.23. The van der Waals surface area contributed by atoms with E-state index in [0.29, 0.717) is 0 Å². The van der Waals surface area contributed by atoms with Crippen molar-refractivity contribution in [1.82, 2.24) is 10.2 Å². The number of rotatable bonds is 2. The second kappa shape index (κ2) is 7.55. The first-order valence-corrected chi connectivity index (χ1v) is 7.72. The number of hydrogen-bond acceptors (Lipinski definition) is 4. The average Bonchev–Trinajstić information content (AvgIpc) is 2.37. The van der Waals surface area contributed by atoms with Crippen molar-refractivity contribution in [2.24, 2.45) is 4.99 Å². The van der Waals surface area contributed by atoms with E-state index >= 15 is 0 Å². The molecule has 0 bridgehead atoms. The van der Waals surface area contributed by atoms with Crippen LogP contribution in [0.15, 0.2) is 29.3 Å². The van der Waals surface area contributed by atoms with Gasteiger partial charge in [0.15, 0.2) is 5.17 Å². The van der Waals surface area contributed by atoms with Crippen molar-refractivity contribution >= 4 is 40.9 Å². The second-order valence-corrected chi connectivity index (χ2v) is 6.97. The first-order chi connectivity index (χ1) is 8.95. The van der Waals surface area contributed by atoms with Gasteiger partial charge in [-0.2, -0.15) is 0 Å². The summed E-state index contributed by atoms with van der Waals surface area (Å²) < 4.78 is 0. The molecule has 112 valence electrons. The lowest BCUT2D eigenvalue weighted by molar-refractivity contribution is 0.131. The molecule has 0 amide bonds. The van der Waals surface area contributed by atoms with Crippen LogP contribution in [0.25, 0.3) is 0 Å². The van der Waals surface area contributed by atoms with Crippen LogP contribution in [0.4, 0.5) is 0 Å². The number of amidine groups is 1. The standard InChI is InChI=1S/C14H20ClN3S.ClH/c1-14(2,3)18-9-16-13(17-10-18)19-8-11-4-6-12(15)7-5-11;/h4-7H,8-10H2,1-3H3,(H,16,17);1H. The van der Waals surface area contributed by atoms with Crippen molar-refractivity contribution in [2.45, 2.75) is 32.1 Å². The van der Waals surface area contributed by atoms with Crippen molar-refractivity contribution in [1.29, 1.82) is 0 Å². The van der Waals surface area contributed by atoms with Crippen molar-refractivity contribution in [3.8, 4) is 0 Å². The van der Waals surface area contributed by atoms with Gasteiger partial charge in [0, 0.05) is 16.3 Å². The fourth-order valence-electron chi connectivity index (χ4n) is 1.70. The van der Waals surface area contributed by atoms with Crippen LogP contribution < -0.4 is 5.32 Å². The summed E-state index contributed by atoms with van der Waals surface area (Å²) in [6.07, 6.45) is 0. The van der Waals surface area contributed by atoms with Crippen LogP contribution in [-0.4, -0.2) is 28.9 Å². The van der Waals surface area contributed by atoms with Crippen molar-refractivity contribution < 1.29 is 0 Å². The number of halogens is 2. The minimum absolute atomic E-state index is 0. The molecule has 0 aromatic heterocycles. The molecule has 3 nitrogen and oxygen atoms in total. The highest BCUT2D eigenvalue weighted by Crippen LogP contribution is 2.19. The zero-order valence-electron chi connectivity index (χ0n) is 12.0. The fourth-order valence-corrected chi connectivity index (χ4v) is 2.63. The van der Waals surface area contributed by atoms with Gasteiger partial charge in [0.2, 0.25) is 0 Å². The Morgan fingerprint density at radius 1 is 1.30 bits per heavy atom. The second-order valence-electron chi connectivity index (χ2n) is 5.57. The van der Waals surface area contributed by atoms with E-state index in [1.807, 2.05) is 12.1 Å². The van der Waals surface area contributed by atoms with Crippen LogP contribution >= 0.6 is 35.8 Å². The molecule has 1 aliphatic rings. The van der Waals surface area contributed by atoms with Crippen LogP contribution in [0.3, 0.4) is 0 Å². The smallest absolute Gasteiger partial charge is 0.159 e. The molecule has 1 aromatic carbocycles. The van der Waals surface area contributed by atoms with E-state index < -0.39 is 0 Å². The maximum atomic E-state index is 5.87. The first-order valence-electron chi connectivity index (χ1n) is 6.36. The topological polar surface area (TPSA) is 27.6 Å². The summed E-state index contributed by atoms with van der Waals surface area (Å²) in [4.78, 5) is 6.88. The SMILES string of the molecule is CC(C)(C)N1CN=C(SCc2ccc(Cl)cc2)NC1.Cl. The Morgan fingerprint density at radius 2 is 1.95 bits per heavy atom. The molecule has 0 aliphatic carbocycles. The monoisotopic (exact) mass is 333 g/mol. The lowest BCUT2D eigenvalue weighted by Gasteiger charge is -2.37. The minimum Gasteiger partial charge on any atom is -0.352 e. The number of nitrogens with one attached hydrogen (secondary N) is 1. The Kier molecular flexibility index (Phi) is 6.65. The largest absolute Gasteiger partial charge is 0.352 e. The number of nitrogens with zero attached hydrogens (tertiary/aromatic N) is 2. The highest BCUT2D eigenvalue weighted by Gasteiger charge is 2.23. The third-order valence-corrected chi connectivity index (χ3v) is 4.32. The summed E-state index contributed by atoms with van der Waals surface area (Å²) in [6, 6.07) is 7.96. The zero-order chi connectivity index (χ0) is 13.9. The van der Waals surface area contributed by atoms with Gasteiger partial charge in [-0.1, -0.05) is 35.5 Å². The molecule has 0 unspecified atom stereocenters. The molecule has 1 aliphatic heterocycles. The van der Waals surface area contributed by atoms with Gasteiger partial charge in [0.25, 0.3) is 0 Å². The summed E-state index contributed by atoms with van der Waals surface area (Å²) >= 11 is 7.61. The van der Waals surface area contributed by atoms with E-state index in [0.717, 1.165) is 29.3 Å². The molecule has 0 saturated heterocycles. The third kappa shape index (κ3) is 5.17. The molecule has 1 aromatic rings. The molecule has 0 atom stereocenters. The summed E-state index contributed by atoms with van der Waals surface area (Å²) in [5.74, 6) is 0.915. The molecular formula is C14H21Cl2N3S. The van der Waals surface area contributed by atoms with Gasteiger partial charge < -0.3 is 5.32 Å². The van der Waals surface area contributed by atoms with E-state index in [-0.39, 0.29) is 17.9 Å². The van der Waals surface area contributed by atoms with Gasteiger partial charge in [0.1, 0.15) is 0 Å². The summed E-state index contributed by atoms with van der Waals surface area (Å²) in [5.41, 5.74) is 1.42. The van der Waals surface area contributed by atoms with Gasteiger partial charge >= 0.3 is 0 Å². The number of benzene rings is 1. The predicted octanol–water partition coefficient (Wildman–Crippen LogP) is 3.97. The maximum Gasteiger partial charge on any atom is 0.159 e. The zero-order valence-corrected chi connectivity index (χ0v) is 14.4. The maximum absolute atomic E-state index is 5.87. The molecule has 0 fully saturated rings. The molecular weight excluding hydrogens is 313 g/mol. The van der Waals surface area contributed by atoms with Gasteiger partial charge in [-0.3, -0.25) is 4.90 Å². The van der Waals surface area contributed by atoms with Crippen molar-refractivity contribution in [3.63, 3.8) is 0 Å². The average molecular weight is 334 g/mol. The molecule has 1 heterocycles. The Bertz CT molecular complexity index is 454. The third-order valence-electron chi connectivity index (χ3n) is 3.04. The minimum atomic E-state index is 0. The van der Waals surface area contributed by atoms with Gasteiger partial charge in [-0.15, -0.1) is 12.4 Å². The van der Waals surface area contributed by atoms with Crippen LogP contribution in [0, 0.1) is 0 Å². The van der Waals surface area contributed by atoms with E-state index in [1.165, 1.54) is 5.56 Å². The Hall–Kier alpha value is -0.420. The van der Waals surface area contributed by atoms with Crippen molar-refractivity contribution in [2.75, 3.05) is 13.3 Å². The number of aliphatic imine (C=N–C) groups is 1. The van der Waals surface area contributed by atoms with E-state index in [1.54, 1.807) is 11.8 Å². The first kappa shape index (κ1) is 17.6. The summed E-state index contributed by atoms with van der Waals surface area (Å²) in [7, 11) is 0. The lowest BCUT2D eigenvalue weighted by atomic mass is 10.1. The van der Waals surface area contributed by atoms with E-state index in [2.05, 4.69) is 48.1 Å². The summed E-state index contributed by atoms with van der Waals surface area (Å²) in [5, 5.41) is 5.17. The van der Waals surface area contributed by atoms with Crippen molar-refractivity contribution in [3.05, 3.63) is 34.9 Å². The van der Waals surface area contributed by atoms with Gasteiger partial charge in [-0.05, 0) is 38.5 Å². The van der Waals surface area contributed by atoms with E-state index in [4.69, 9.17) is 11.6 Å². The Labute approximate surface area is 136 Å². The van der Waals surface area contributed by atoms with Crippen LogP contribution in [-0.2, 0) is 5.75 Å². The van der Waals surface area contributed by atoms with Crippen LogP contribution in [0.2, 0.25) is 5.02 Å². The predicted molar refractivity (Wildman–Crippen MR) is 91.9 cm³/mol. The van der Waals surface area contributed by atoms with Crippen LogP contribution in [0.1, 0.15) is 26.3 Å². The molecule has 0 saturated carbocycles. The normalized spacial score (nSPS) is 16.1. The van der Waals surface area contributed by atoms with E-state index in [9.17, 15) is 0 Å². The molecule has 6 heteroatoms. The molecule has 1 N–H and O–H groups in total. The highest BCUT2D eigenvalue weighted by atomic mass is 35.5. The molecule has 0 spiro atoms. The Morgan fingerprint density at radius 3 is 2.45 bits per heavy atom. The Balaban J connectivity index is 0.00000200. The molecule has 20 heavy (non-hydrogen) atoms. The van der Waals surface area contributed by atoms with Gasteiger partial charge in [-0.25, -0.2) is 4.99 Å². The van der Waals surface area contributed by atoms with Gasteiger partial charge in [0.05, 0.1) is 13.3 Å². The lowest BCUT2D eigenvalue weighted by Crippen LogP contribution is -2.50. The van der Waals surface area contributed by atoms with Crippen LogP contribution in [0.5, 0.6) is 0 Å². The highest BCUT2D eigenvalue weighted by molar-refractivity contribution is 8.13. The molecule has 0 radical (unpaired) electrons.